The van der Waals surface area contributed by atoms with E-state index in [2.05, 4.69) is 57.4 Å². The number of aryl methyl sites for hydroxylation is 1. The third-order valence-corrected chi connectivity index (χ3v) is 9.48. The molecule has 2 aromatic carbocycles. The van der Waals surface area contributed by atoms with Crippen LogP contribution in [0.25, 0.3) is 0 Å². The Balaban J connectivity index is 1.38. The number of hydrogen-bond acceptors (Lipinski definition) is 5. The molecule has 3 aromatic rings. The summed E-state index contributed by atoms with van der Waals surface area (Å²) in [6, 6.07) is 15.8. The Morgan fingerprint density at radius 3 is 2.30 bits per heavy atom. The summed E-state index contributed by atoms with van der Waals surface area (Å²) in [5.74, 6) is 0. The molecule has 1 aliphatic rings. The van der Waals surface area contributed by atoms with Crippen LogP contribution in [0.2, 0.25) is 0 Å². The van der Waals surface area contributed by atoms with Crippen LogP contribution in [-0.2, 0) is 21.6 Å². The van der Waals surface area contributed by atoms with Crippen molar-refractivity contribution in [1.29, 1.82) is 0 Å². The van der Waals surface area contributed by atoms with Gasteiger partial charge in [0.15, 0.2) is 15.0 Å². The van der Waals surface area contributed by atoms with Crippen molar-refractivity contribution in [2.24, 2.45) is 0 Å². The number of thiazole rings is 1. The average Bonchev–Trinajstić information content (AvgIpc) is 3.24. The Bertz CT molecular complexity index is 1080. The predicted octanol–water partition coefficient (Wildman–Crippen LogP) is 5.38. The standard InChI is InChI=1S/C23H25BrN2O2S2/c1-17-2-4-18(5-3-17)14-20-16-29-23(25-20)26-12-10-22(11-13-26)30(27,28)21-8-6-19(15-24)7-9-21/h2-9,16,22H,10-15H2,1H3. The number of rotatable bonds is 6. The first-order chi connectivity index (χ1) is 14.5. The molecular weight excluding hydrogens is 480 g/mol. The highest BCUT2D eigenvalue weighted by Crippen LogP contribution is 2.30. The van der Waals surface area contributed by atoms with Gasteiger partial charge in [-0.15, -0.1) is 11.3 Å². The van der Waals surface area contributed by atoms with Gasteiger partial charge in [0.05, 0.1) is 15.8 Å². The number of hydrogen-bond donors (Lipinski definition) is 0. The van der Waals surface area contributed by atoms with Crippen LogP contribution in [0.3, 0.4) is 0 Å². The van der Waals surface area contributed by atoms with Gasteiger partial charge in [0.2, 0.25) is 0 Å². The molecule has 0 radical (unpaired) electrons. The summed E-state index contributed by atoms with van der Waals surface area (Å²) < 4.78 is 26.0. The lowest BCUT2D eigenvalue weighted by atomic mass is 10.1. The maximum Gasteiger partial charge on any atom is 0.185 e. The van der Waals surface area contributed by atoms with Gasteiger partial charge in [-0.25, -0.2) is 13.4 Å². The molecule has 1 aromatic heterocycles. The largest absolute Gasteiger partial charge is 0.348 e. The van der Waals surface area contributed by atoms with Gasteiger partial charge in [-0.2, -0.15) is 0 Å². The minimum atomic E-state index is -3.29. The molecule has 4 rings (SSSR count). The number of alkyl halides is 1. The molecule has 2 heterocycles. The molecule has 0 bridgehead atoms. The van der Waals surface area contributed by atoms with E-state index < -0.39 is 9.84 Å². The highest BCUT2D eigenvalue weighted by atomic mass is 79.9. The number of anilines is 1. The first kappa shape index (κ1) is 21.5. The fourth-order valence-corrected chi connectivity index (χ4v) is 6.74. The zero-order chi connectivity index (χ0) is 21.1. The Hall–Kier alpha value is -1.70. The van der Waals surface area contributed by atoms with Crippen molar-refractivity contribution in [3.63, 3.8) is 0 Å². The van der Waals surface area contributed by atoms with Crippen molar-refractivity contribution < 1.29 is 8.42 Å². The van der Waals surface area contributed by atoms with Crippen LogP contribution in [-0.4, -0.2) is 31.7 Å². The molecule has 0 saturated carbocycles. The molecule has 0 amide bonds. The highest BCUT2D eigenvalue weighted by molar-refractivity contribution is 9.08. The quantitative estimate of drug-likeness (QED) is 0.422. The van der Waals surface area contributed by atoms with Gasteiger partial charge in [0.1, 0.15) is 0 Å². The predicted molar refractivity (Wildman–Crippen MR) is 128 cm³/mol. The second-order valence-corrected chi connectivity index (χ2v) is 11.4. The van der Waals surface area contributed by atoms with Crippen LogP contribution in [0.1, 0.15) is 35.2 Å². The van der Waals surface area contributed by atoms with E-state index in [1.54, 1.807) is 23.5 Å². The molecule has 0 N–H and O–H groups in total. The normalized spacial score (nSPS) is 15.5. The number of sulfone groups is 1. The SMILES string of the molecule is Cc1ccc(Cc2csc(N3CCC(S(=O)(=O)c4ccc(CBr)cc4)CC3)n2)cc1. The molecule has 0 unspecified atom stereocenters. The molecule has 1 saturated heterocycles. The highest BCUT2D eigenvalue weighted by Gasteiger charge is 2.32. The van der Waals surface area contributed by atoms with Gasteiger partial charge in [-0.05, 0) is 43.0 Å². The first-order valence-corrected chi connectivity index (χ1v) is 13.6. The topological polar surface area (TPSA) is 50.3 Å². The number of aromatic nitrogens is 1. The van der Waals surface area contributed by atoms with E-state index in [1.807, 2.05) is 12.1 Å². The summed E-state index contributed by atoms with van der Waals surface area (Å²) in [4.78, 5) is 7.46. The van der Waals surface area contributed by atoms with Crippen LogP contribution in [0, 0.1) is 6.92 Å². The smallest absolute Gasteiger partial charge is 0.185 e. The van der Waals surface area contributed by atoms with Crippen molar-refractivity contribution in [2.75, 3.05) is 18.0 Å². The van der Waals surface area contributed by atoms with E-state index in [0.717, 1.165) is 41.2 Å². The second-order valence-electron chi connectivity index (χ2n) is 7.79. The molecule has 1 fully saturated rings. The lowest BCUT2D eigenvalue weighted by Gasteiger charge is -2.31. The van der Waals surface area contributed by atoms with Gasteiger partial charge >= 0.3 is 0 Å². The van der Waals surface area contributed by atoms with Crippen LogP contribution in [0.5, 0.6) is 0 Å². The van der Waals surface area contributed by atoms with Crippen LogP contribution < -0.4 is 4.90 Å². The van der Waals surface area contributed by atoms with Crippen molar-refractivity contribution in [3.8, 4) is 0 Å². The molecule has 0 spiro atoms. The lowest BCUT2D eigenvalue weighted by Crippen LogP contribution is -2.39. The first-order valence-electron chi connectivity index (χ1n) is 10.1. The third kappa shape index (κ3) is 4.79. The summed E-state index contributed by atoms with van der Waals surface area (Å²) in [6.45, 7) is 3.54. The van der Waals surface area contributed by atoms with E-state index in [-0.39, 0.29) is 5.25 Å². The van der Waals surface area contributed by atoms with Gasteiger partial charge in [0, 0.05) is 30.2 Å². The molecule has 1 aliphatic heterocycles. The fraction of sp³-hybridized carbons (Fsp3) is 0.348. The summed E-state index contributed by atoms with van der Waals surface area (Å²) in [6.07, 6.45) is 2.09. The summed E-state index contributed by atoms with van der Waals surface area (Å²) in [7, 11) is -3.29. The number of halogens is 1. The Morgan fingerprint density at radius 2 is 1.67 bits per heavy atom. The zero-order valence-electron chi connectivity index (χ0n) is 16.9. The van der Waals surface area contributed by atoms with Gasteiger partial charge < -0.3 is 4.90 Å². The van der Waals surface area contributed by atoms with E-state index in [4.69, 9.17) is 4.98 Å². The van der Waals surface area contributed by atoms with Gasteiger partial charge in [-0.3, -0.25) is 0 Å². The van der Waals surface area contributed by atoms with Crippen molar-refractivity contribution in [1.82, 2.24) is 4.98 Å². The van der Waals surface area contributed by atoms with E-state index in [0.29, 0.717) is 17.7 Å². The van der Waals surface area contributed by atoms with Crippen molar-refractivity contribution in [2.45, 2.75) is 41.7 Å². The van der Waals surface area contributed by atoms with E-state index in [9.17, 15) is 8.42 Å². The second kappa shape index (κ2) is 9.20. The van der Waals surface area contributed by atoms with Gasteiger partial charge in [0.25, 0.3) is 0 Å². The number of piperidine rings is 1. The lowest BCUT2D eigenvalue weighted by molar-refractivity contribution is 0.529. The molecule has 30 heavy (non-hydrogen) atoms. The summed E-state index contributed by atoms with van der Waals surface area (Å²) in [5.41, 5.74) is 4.66. The number of benzene rings is 2. The van der Waals surface area contributed by atoms with Crippen molar-refractivity contribution in [3.05, 3.63) is 76.3 Å². The molecule has 0 atom stereocenters. The average molecular weight is 506 g/mol. The number of nitrogens with zero attached hydrogens (tertiary/aromatic N) is 2. The molecule has 0 aliphatic carbocycles. The summed E-state index contributed by atoms with van der Waals surface area (Å²) in [5, 5.41) is 3.51. The summed E-state index contributed by atoms with van der Waals surface area (Å²) >= 11 is 5.05. The maximum absolute atomic E-state index is 13.0. The van der Waals surface area contributed by atoms with Gasteiger partial charge in [-0.1, -0.05) is 57.9 Å². The van der Waals surface area contributed by atoms with Crippen LogP contribution in [0.15, 0.2) is 58.8 Å². The Kier molecular flexibility index (Phi) is 6.60. The fourth-order valence-electron chi connectivity index (χ4n) is 3.76. The zero-order valence-corrected chi connectivity index (χ0v) is 20.1. The molecule has 7 heteroatoms. The third-order valence-electron chi connectivity index (χ3n) is 5.60. The van der Waals surface area contributed by atoms with Crippen molar-refractivity contribution >= 4 is 42.2 Å². The molecule has 158 valence electrons. The minimum absolute atomic E-state index is 0.324. The van der Waals surface area contributed by atoms with E-state index in [1.165, 1.54) is 11.1 Å². The Morgan fingerprint density at radius 1 is 1.03 bits per heavy atom. The molecule has 4 nitrogen and oxygen atoms in total. The molecular formula is C23H25BrN2O2S2. The maximum atomic E-state index is 13.0. The van der Waals surface area contributed by atoms with Crippen LogP contribution in [0.4, 0.5) is 5.13 Å². The monoisotopic (exact) mass is 504 g/mol. The Labute approximate surface area is 191 Å². The van der Waals surface area contributed by atoms with Crippen LogP contribution >= 0.6 is 27.3 Å². The minimum Gasteiger partial charge on any atom is -0.348 e. The van der Waals surface area contributed by atoms with E-state index >= 15 is 0 Å².